The molecule has 1 aromatic rings. The average molecular weight is 270 g/mol. The summed E-state index contributed by atoms with van der Waals surface area (Å²) in [5.41, 5.74) is 0. The van der Waals surface area contributed by atoms with Gasteiger partial charge in [-0.15, -0.1) is 0 Å². The molecule has 0 bridgehead atoms. The Morgan fingerprint density at radius 1 is 1.53 bits per heavy atom. The van der Waals surface area contributed by atoms with E-state index in [9.17, 15) is 9.18 Å². The summed E-state index contributed by atoms with van der Waals surface area (Å²) in [5, 5.41) is 0. The van der Waals surface area contributed by atoms with Crippen LogP contribution in [0.2, 0.25) is 0 Å². The Labute approximate surface area is 110 Å². The second-order valence-electron chi connectivity index (χ2n) is 4.05. The molecule has 0 unspecified atom stereocenters. The minimum atomic E-state index is -0.954. The van der Waals surface area contributed by atoms with E-state index < -0.39 is 12.0 Å². The Kier molecular flexibility index (Phi) is 5.16. The van der Waals surface area contributed by atoms with Crippen LogP contribution in [-0.2, 0) is 4.74 Å². The van der Waals surface area contributed by atoms with Crippen LogP contribution >= 0.6 is 0 Å². The highest BCUT2D eigenvalue weighted by molar-refractivity contribution is 5.63. The van der Waals surface area contributed by atoms with Crippen LogP contribution in [0.1, 0.15) is 13.8 Å². The van der Waals surface area contributed by atoms with Crippen molar-refractivity contribution in [2.45, 2.75) is 20.0 Å². The largest absolute Gasteiger partial charge is 0.516 e. The second-order valence-corrected chi connectivity index (χ2v) is 4.05. The van der Waals surface area contributed by atoms with E-state index in [1.54, 1.807) is 32.8 Å². The Balaban J connectivity index is 2.81. The molecule has 0 saturated heterocycles. The number of rotatable bonds is 4. The fourth-order valence-corrected chi connectivity index (χ4v) is 0.943. The molecular weight excluding hydrogens is 255 g/mol. The molecule has 0 amide bonds. The van der Waals surface area contributed by atoms with E-state index in [0.29, 0.717) is 0 Å². The van der Waals surface area contributed by atoms with Crippen molar-refractivity contribution in [3.05, 3.63) is 12.0 Å². The molecule has 0 spiro atoms. The van der Waals surface area contributed by atoms with Crippen LogP contribution in [0.25, 0.3) is 0 Å². The summed E-state index contributed by atoms with van der Waals surface area (Å²) >= 11 is 0. The minimum absolute atomic E-state index is 0.226. The summed E-state index contributed by atoms with van der Waals surface area (Å²) in [6.07, 6.45) is 0.943. The maximum atomic E-state index is 13.3. The zero-order chi connectivity index (χ0) is 14.4. The molecule has 7 nitrogen and oxygen atoms in total. The highest BCUT2D eigenvalue weighted by atomic mass is 19.1. The van der Waals surface area contributed by atoms with Gasteiger partial charge in [0, 0.05) is 14.1 Å². The van der Waals surface area contributed by atoms with E-state index in [4.69, 9.17) is 9.47 Å². The van der Waals surface area contributed by atoms with E-state index in [0.717, 1.165) is 6.20 Å². The first kappa shape index (κ1) is 14.8. The van der Waals surface area contributed by atoms with Crippen molar-refractivity contribution in [3.8, 4) is 6.01 Å². The fourth-order valence-electron chi connectivity index (χ4n) is 0.943. The Bertz CT molecular complexity index is 477. The van der Waals surface area contributed by atoms with Gasteiger partial charge in [0.25, 0.3) is 0 Å². The van der Waals surface area contributed by atoms with Crippen molar-refractivity contribution in [3.63, 3.8) is 0 Å². The molecule has 0 fully saturated rings. The van der Waals surface area contributed by atoms with Crippen LogP contribution in [0.15, 0.2) is 11.2 Å². The summed E-state index contributed by atoms with van der Waals surface area (Å²) < 4.78 is 22.8. The van der Waals surface area contributed by atoms with Crippen molar-refractivity contribution in [1.82, 2.24) is 14.9 Å². The summed E-state index contributed by atoms with van der Waals surface area (Å²) in [7, 11) is 3.44. The minimum Gasteiger partial charge on any atom is -0.431 e. The molecule has 1 heterocycles. The smallest absolute Gasteiger partial charge is 0.431 e. The number of ether oxygens (including phenoxy) is 2. The van der Waals surface area contributed by atoms with Crippen LogP contribution in [0.3, 0.4) is 0 Å². The van der Waals surface area contributed by atoms with Crippen LogP contribution in [-0.4, -0.2) is 47.6 Å². The summed E-state index contributed by atoms with van der Waals surface area (Å²) in [4.78, 5) is 23.8. The van der Waals surface area contributed by atoms with Crippen LogP contribution in [0.5, 0.6) is 6.01 Å². The van der Waals surface area contributed by atoms with E-state index in [1.165, 1.54) is 6.34 Å². The third-order valence-corrected chi connectivity index (χ3v) is 1.62. The van der Waals surface area contributed by atoms with E-state index in [2.05, 4.69) is 15.0 Å². The molecule has 0 saturated carbocycles. The number of halogens is 1. The summed E-state index contributed by atoms with van der Waals surface area (Å²) in [6, 6.07) is -0.321. The highest BCUT2D eigenvalue weighted by Crippen LogP contribution is 2.16. The van der Waals surface area contributed by atoms with Gasteiger partial charge in [-0.05, 0) is 13.8 Å². The lowest BCUT2D eigenvalue weighted by Gasteiger charge is -2.07. The summed E-state index contributed by atoms with van der Waals surface area (Å²) in [6.45, 7) is 3.33. The third kappa shape index (κ3) is 5.28. The average Bonchev–Trinajstić information content (AvgIpc) is 2.28. The quantitative estimate of drug-likeness (QED) is 0.471. The van der Waals surface area contributed by atoms with Gasteiger partial charge in [0.05, 0.1) is 18.6 Å². The maximum Gasteiger partial charge on any atom is 0.516 e. The molecule has 19 heavy (non-hydrogen) atoms. The Morgan fingerprint density at radius 3 is 2.79 bits per heavy atom. The van der Waals surface area contributed by atoms with Gasteiger partial charge >= 0.3 is 12.2 Å². The van der Waals surface area contributed by atoms with Crippen LogP contribution < -0.4 is 4.74 Å². The number of carbonyl (C=O) groups excluding carboxylic acids is 1. The third-order valence-electron chi connectivity index (χ3n) is 1.62. The number of hydrogen-bond donors (Lipinski definition) is 0. The monoisotopic (exact) mass is 270 g/mol. The molecule has 104 valence electrons. The first-order valence-corrected chi connectivity index (χ1v) is 5.50. The van der Waals surface area contributed by atoms with Gasteiger partial charge in [-0.2, -0.15) is 4.98 Å². The number of aromatic nitrogens is 2. The molecule has 0 aliphatic heterocycles. The van der Waals surface area contributed by atoms with Crippen molar-refractivity contribution < 1.29 is 18.7 Å². The molecule has 0 aliphatic carbocycles. The summed E-state index contributed by atoms with van der Waals surface area (Å²) in [5.74, 6) is -0.946. The molecule has 0 radical (unpaired) electrons. The van der Waals surface area contributed by atoms with Gasteiger partial charge in [-0.25, -0.2) is 19.2 Å². The number of nitrogens with zero attached hydrogens (tertiary/aromatic N) is 4. The zero-order valence-corrected chi connectivity index (χ0v) is 11.1. The van der Waals surface area contributed by atoms with Gasteiger partial charge in [0.1, 0.15) is 0 Å². The molecule has 0 aromatic carbocycles. The first-order valence-electron chi connectivity index (χ1n) is 5.50. The standard InChI is InChI=1S/C11H15FN4O3/c1-7(2)18-11(17)19-10-13-5-8(12)9(15-10)14-6-16(3)4/h5-7H,1-4H3. The number of carbonyl (C=O) groups is 1. The number of aliphatic imine (C=N–C) groups is 1. The van der Waals surface area contributed by atoms with Crippen LogP contribution in [0, 0.1) is 5.82 Å². The maximum absolute atomic E-state index is 13.3. The van der Waals surface area contributed by atoms with Crippen molar-refractivity contribution in [2.75, 3.05) is 14.1 Å². The van der Waals surface area contributed by atoms with Crippen molar-refractivity contribution >= 4 is 18.3 Å². The van der Waals surface area contributed by atoms with Gasteiger partial charge in [0.2, 0.25) is 0 Å². The highest BCUT2D eigenvalue weighted by Gasteiger charge is 2.13. The molecule has 0 aliphatic rings. The topological polar surface area (TPSA) is 76.9 Å². The predicted octanol–water partition coefficient (Wildman–Crippen LogP) is 1.76. The first-order chi connectivity index (χ1) is 8.88. The van der Waals surface area contributed by atoms with E-state index in [1.807, 2.05) is 0 Å². The lowest BCUT2D eigenvalue weighted by molar-refractivity contribution is 0.0701. The van der Waals surface area contributed by atoms with Gasteiger partial charge in [0.15, 0.2) is 11.6 Å². The second kappa shape index (κ2) is 6.62. The Morgan fingerprint density at radius 2 is 2.21 bits per heavy atom. The molecule has 0 atom stereocenters. The molecule has 1 aromatic heterocycles. The normalized spacial score (nSPS) is 10.8. The van der Waals surface area contributed by atoms with Crippen molar-refractivity contribution in [1.29, 1.82) is 0 Å². The lowest BCUT2D eigenvalue weighted by atomic mass is 10.5. The van der Waals surface area contributed by atoms with Gasteiger partial charge in [-0.1, -0.05) is 0 Å². The zero-order valence-electron chi connectivity index (χ0n) is 11.1. The van der Waals surface area contributed by atoms with Gasteiger partial charge < -0.3 is 14.4 Å². The van der Waals surface area contributed by atoms with E-state index >= 15 is 0 Å². The number of hydrogen-bond acceptors (Lipinski definition) is 6. The van der Waals surface area contributed by atoms with Crippen LogP contribution in [0.4, 0.5) is 15.0 Å². The molecule has 0 N–H and O–H groups in total. The molecule has 8 heteroatoms. The van der Waals surface area contributed by atoms with E-state index in [-0.39, 0.29) is 17.9 Å². The SMILES string of the molecule is CC(C)OC(=O)Oc1ncc(F)c(N=CN(C)C)n1. The Hall–Kier alpha value is -2.25. The van der Waals surface area contributed by atoms with Gasteiger partial charge in [-0.3, -0.25) is 0 Å². The fraction of sp³-hybridized carbons (Fsp3) is 0.455. The molecule has 1 rings (SSSR count). The lowest BCUT2D eigenvalue weighted by Crippen LogP contribution is -2.16. The van der Waals surface area contributed by atoms with Crippen molar-refractivity contribution in [2.24, 2.45) is 4.99 Å². The predicted molar refractivity (Wildman–Crippen MR) is 66.1 cm³/mol. The molecular formula is C11H15FN4O3.